The molecule has 0 saturated carbocycles. The van der Waals surface area contributed by atoms with Crippen molar-refractivity contribution in [3.8, 4) is 5.75 Å². The smallest absolute Gasteiger partial charge is 0.253 e. The minimum Gasteiger partial charge on any atom is -0.493 e. The van der Waals surface area contributed by atoms with E-state index in [9.17, 15) is 4.79 Å². The lowest BCUT2D eigenvalue weighted by Gasteiger charge is -2.39. The first kappa shape index (κ1) is 22.8. The summed E-state index contributed by atoms with van der Waals surface area (Å²) in [5.41, 5.74) is 3.68. The third-order valence-electron chi connectivity index (χ3n) is 7.19. The van der Waals surface area contributed by atoms with Gasteiger partial charge in [-0.3, -0.25) is 9.69 Å². The van der Waals surface area contributed by atoms with Gasteiger partial charge in [-0.15, -0.1) is 0 Å². The second-order valence-corrected chi connectivity index (χ2v) is 10.1. The van der Waals surface area contributed by atoms with E-state index in [1.807, 2.05) is 12.1 Å². The van der Waals surface area contributed by atoms with Gasteiger partial charge in [0.25, 0.3) is 5.91 Å². The van der Waals surface area contributed by atoms with E-state index in [4.69, 9.17) is 4.74 Å². The summed E-state index contributed by atoms with van der Waals surface area (Å²) in [5, 5.41) is 0. The summed E-state index contributed by atoms with van der Waals surface area (Å²) in [4.78, 5) is 17.7. The van der Waals surface area contributed by atoms with E-state index >= 15 is 0 Å². The van der Waals surface area contributed by atoms with Crippen LogP contribution in [-0.4, -0.2) is 48.5 Å². The fraction of sp³-hybridized carbons (Fsp3) is 0.536. The van der Waals surface area contributed by atoms with Gasteiger partial charge in [0.05, 0.1) is 6.61 Å². The summed E-state index contributed by atoms with van der Waals surface area (Å²) in [7, 11) is 0. The third kappa shape index (κ3) is 5.35. The molecule has 0 aliphatic carbocycles. The van der Waals surface area contributed by atoms with Gasteiger partial charge in [0, 0.05) is 30.8 Å². The average molecular weight is 435 g/mol. The van der Waals surface area contributed by atoms with Crippen molar-refractivity contribution in [3.05, 3.63) is 65.2 Å². The van der Waals surface area contributed by atoms with Crippen LogP contribution in [0.4, 0.5) is 0 Å². The maximum Gasteiger partial charge on any atom is 0.253 e. The molecule has 2 fully saturated rings. The predicted molar refractivity (Wildman–Crippen MR) is 130 cm³/mol. The van der Waals surface area contributed by atoms with Gasteiger partial charge in [0.1, 0.15) is 5.75 Å². The van der Waals surface area contributed by atoms with Crippen LogP contribution >= 0.6 is 0 Å². The highest BCUT2D eigenvalue weighted by atomic mass is 16.5. The normalized spacial score (nSPS) is 18.4. The number of carbonyl (C=O) groups excluding carboxylic acids is 1. The molecule has 0 radical (unpaired) electrons. The van der Waals surface area contributed by atoms with E-state index in [2.05, 4.69) is 67.0 Å². The predicted octanol–water partition coefficient (Wildman–Crippen LogP) is 5.41. The molecule has 4 rings (SSSR count). The molecule has 4 nitrogen and oxygen atoms in total. The number of rotatable bonds is 7. The molecule has 2 aromatic rings. The maximum atomic E-state index is 13.0. The number of amides is 1. The number of hydrogen-bond donors (Lipinski definition) is 0. The minimum atomic E-state index is 0.197. The van der Waals surface area contributed by atoms with Gasteiger partial charge < -0.3 is 9.64 Å². The van der Waals surface area contributed by atoms with Crippen LogP contribution in [0, 0.1) is 11.3 Å². The first-order valence-electron chi connectivity index (χ1n) is 12.3. The zero-order chi connectivity index (χ0) is 22.6. The van der Waals surface area contributed by atoms with Gasteiger partial charge >= 0.3 is 0 Å². The zero-order valence-corrected chi connectivity index (χ0v) is 20.0. The van der Waals surface area contributed by atoms with Crippen LogP contribution in [0.3, 0.4) is 0 Å². The van der Waals surface area contributed by atoms with Gasteiger partial charge in [-0.1, -0.05) is 51.1 Å². The second-order valence-electron chi connectivity index (χ2n) is 10.1. The zero-order valence-electron chi connectivity index (χ0n) is 20.0. The Morgan fingerprint density at radius 1 is 1.00 bits per heavy atom. The fourth-order valence-corrected chi connectivity index (χ4v) is 5.04. The highest BCUT2D eigenvalue weighted by Crippen LogP contribution is 2.41. The molecule has 0 unspecified atom stereocenters. The molecular weight excluding hydrogens is 396 g/mol. The first-order chi connectivity index (χ1) is 15.5. The lowest BCUT2D eigenvalue weighted by atomic mass is 9.77. The summed E-state index contributed by atoms with van der Waals surface area (Å²) >= 11 is 0. The largest absolute Gasteiger partial charge is 0.493 e. The molecule has 32 heavy (non-hydrogen) atoms. The molecule has 0 bridgehead atoms. The van der Waals surface area contributed by atoms with Crippen LogP contribution in [0.5, 0.6) is 5.75 Å². The summed E-state index contributed by atoms with van der Waals surface area (Å²) in [6.07, 6.45) is 4.47. The van der Waals surface area contributed by atoms with E-state index in [0.29, 0.717) is 11.3 Å². The van der Waals surface area contributed by atoms with Gasteiger partial charge in [-0.25, -0.2) is 0 Å². The topological polar surface area (TPSA) is 32.8 Å². The Hall–Kier alpha value is -2.33. The quantitative estimate of drug-likeness (QED) is 0.584. The van der Waals surface area contributed by atoms with Crippen molar-refractivity contribution in [2.45, 2.75) is 53.0 Å². The van der Waals surface area contributed by atoms with Crippen LogP contribution in [0.2, 0.25) is 0 Å². The number of para-hydroxylation sites is 1. The molecule has 1 amide bonds. The number of hydrogen-bond acceptors (Lipinski definition) is 3. The molecule has 2 saturated heterocycles. The first-order valence-corrected chi connectivity index (χ1v) is 12.3. The SMILES string of the molecule is CCc1ccc(C(=O)N2CCC3(CCN(Cc4ccccc4OCC(C)C)CC3)C2)cc1. The summed E-state index contributed by atoms with van der Waals surface area (Å²) in [5.74, 6) is 1.74. The van der Waals surface area contributed by atoms with Crippen molar-refractivity contribution in [1.29, 1.82) is 0 Å². The molecule has 0 atom stereocenters. The standard InChI is InChI=1S/C28H38N2O2/c1-4-23-9-11-24(12-10-23)27(31)30-18-15-28(21-30)13-16-29(17-14-28)19-25-7-5-6-8-26(25)32-20-22(2)3/h5-12,22H,4,13-21H2,1-3H3. The number of nitrogens with zero attached hydrogens (tertiary/aromatic N) is 2. The Kier molecular flexibility index (Phi) is 7.20. The van der Waals surface area contributed by atoms with Gasteiger partial charge in [-0.05, 0) is 73.9 Å². The monoisotopic (exact) mass is 434 g/mol. The Bertz CT molecular complexity index is 898. The van der Waals surface area contributed by atoms with E-state index in [0.717, 1.165) is 63.5 Å². The summed E-state index contributed by atoms with van der Waals surface area (Å²) in [6.45, 7) is 12.2. The van der Waals surface area contributed by atoms with Crippen LogP contribution in [0.25, 0.3) is 0 Å². The van der Waals surface area contributed by atoms with Crippen LogP contribution in [-0.2, 0) is 13.0 Å². The highest BCUT2D eigenvalue weighted by Gasteiger charge is 2.42. The highest BCUT2D eigenvalue weighted by molar-refractivity contribution is 5.94. The summed E-state index contributed by atoms with van der Waals surface area (Å²) < 4.78 is 6.06. The second kappa shape index (κ2) is 10.1. The van der Waals surface area contributed by atoms with Crippen molar-refractivity contribution in [3.63, 3.8) is 0 Å². The molecule has 2 aliphatic heterocycles. The lowest BCUT2D eigenvalue weighted by molar-refractivity contribution is 0.0712. The van der Waals surface area contributed by atoms with Gasteiger partial charge in [0.2, 0.25) is 0 Å². The Morgan fingerprint density at radius 2 is 1.69 bits per heavy atom. The molecule has 1 spiro atoms. The number of benzene rings is 2. The fourth-order valence-electron chi connectivity index (χ4n) is 5.04. The van der Waals surface area contributed by atoms with Crippen LogP contribution in [0.15, 0.2) is 48.5 Å². The van der Waals surface area contributed by atoms with Crippen molar-refractivity contribution < 1.29 is 9.53 Å². The molecule has 0 aromatic heterocycles. The van der Waals surface area contributed by atoms with Crippen molar-refractivity contribution in [1.82, 2.24) is 9.80 Å². The molecule has 2 aromatic carbocycles. The number of aryl methyl sites for hydroxylation is 1. The minimum absolute atomic E-state index is 0.197. The van der Waals surface area contributed by atoms with Crippen LogP contribution < -0.4 is 4.74 Å². The number of piperidine rings is 1. The van der Waals surface area contributed by atoms with Crippen molar-refractivity contribution >= 4 is 5.91 Å². The van der Waals surface area contributed by atoms with E-state index in [-0.39, 0.29) is 5.91 Å². The molecule has 172 valence electrons. The number of ether oxygens (including phenoxy) is 1. The van der Waals surface area contributed by atoms with Crippen molar-refractivity contribution in [2.24, 2.45) is 11.3 Å². The molecular formula is C28H38N2O2. The van der Waals surface area contributed by atoms with Gasteiger partial charge in [0.15, 0.2) is 0 Å². The van der Waals surface area contributed by atoms with E-state index in [1.54, 1.807) is 0 Å². The molecule has 2 heterocycles. The van der Waals surface area contributed by atoms with Crippen molar-refractivity contribution in [2.75, 3.05) is 32.8 Å². The van der Waals surface area contributed by atoms with Gasteiger partial charge in [-0.2, -0.15) is 0 Å². The summed E-state index contributed by atoms with van der Waals surface area (Å²) in [6, 6.07) is 16.6. The average Bonchev–Trinajstić information content (AvgIpc) is 3.23. The molecule has 4 heteroatoms. The Morgan fingerprint density at radius 3 is 2.38 bits per heavy atom. The number of carbonyl (C=O) groups is 1. The van der Waals surface area contributed by atoms with E-state index < -0.39 is 0 Å². The van der Waals surface area contributed by atoms with E-state index in [1.165, 1.54) is 24.0 Å². The number of likely N-dealkylation sites (tertiary alicyclic amines) is 2. The van der Waals surface area contributed by atoms with Crippen LogP contribution in [0.1, 0.15) is 61.5 Å². The maximum absolute atomic E-state index is 13.0. The Labute approximate surface area is 193 Å². The lowest BCUT2D eigenvalue weighted by Crippen LogP contribution is -2.42. The molecule has 2 aliphatic rings. The molecule has 0 N–H and O–H groups in total. The Balaban J connectivity index is 1.31. The third-order valence-corrected chi connectivity index (χ3v) is 7.19.